The molecule has 0 aliphatic rings. The zero-order valence-electron chi connectivity index (χ0n) is 14.9. The summed E-state index contributed by atoms with van der Waals surface area (Å²) in [6.07, 6.45) is 0. The van der Waals surface area contributed by atoms with Gasteiger partial charge in [0.25, 0.3) is 0 Å². The van der Waals surface area contributed by atoms with E-state index in [1.54, 1.807) is 7.11 Å². The van der Waals surface area contributed by atoms with E-state index in [4.69, 9.17) is 4.74 Å². The summed E-state index contributed by atoms with van der Waals surface area (Å²) in [5, 5.41) is 12.0. The van der Waals surface area contributed by atoms with Gasteiger partial charge in [-0.25, -0.2) is 0 Å². The van der Waals surface area contributed by atoms with Gasteiger partial charge in [0.2, 0.25) is 5.91 Å². The lowest BCUT2D eigenvalue weighted by molar-refractivity contribution is -0.113. The van der Waals surface area contributed by atoms with Crippen LogP contribution in [0.25, 0.3) is 11.4 Å². The first kappa shape index (κ1) is 18.0. The van der Waals surface area contributed by atoms with Crippen molar-refractivity contribution in [1.29, 1.82) is 0 Å². The monoisotopic (exact) mass is 368 g/mol. The van der Waals surface area contributed by atoms with Crippen LogP contribution in [0.4, 0.5) is 5.69 Å². The molecule has 1 N–H and O–H groups in total. The van der Waals surface area contributed by atoms with Crippen molar-refractivity contribution in [3.8, 4) is 17.1 Å². The molecule has 3 rings (SSSR count). The largest absolute Gasteiger partial charge is 0.497 e. The Morgan fingerprint density at radius 1 is 1.19 bits per heavy atom. The molecule has 0 unspecified atom stereocenters. The van der Waals surface area contributed by atoms with Crippen molar-refractivity contribution >= 4 is 23.4 Å². The van der Waals surface area contributed by atoms with E-state index in [2.05, 4.69) is 15.5 Å². The smallest absolute Gasteiger partial charge is 0.234 e. The summed E-state index contributed by atoms with van der Waals surface area (Å²) in [5.74, 6) is 1.67. The van der Waals surface area contributed by atoms with E-state index in [9.17, 15) is 4.79 Å². The van der Waals surface area contributed by atoms with E-state index in [1.807, 2.05) is 67.1 Å². The molecule has 1 heterocycles. The van der Waals surface area contributed by atoms with Crippen molar-refractivity contribution in [2.24, 2.45) is 7.05 Å². The van der Waals surface area contributed by atoms with Crippen molar-refractivity contribution in [3.05, 3.63) is 54.1 Å². The second-order valence-electron chi connectivity index (χ2n) is 5.80. The van der Waals surface area contributed by atoms with Gasteiger partial charge in [-0.05, 0) is 31.2 Å². The van der Waals surface area contributed by atoms with Gasteiger partial charge in [0.15, 0.2) is 11.0 Å². The molecule has 0 saturated carbocycles. The zero-order valence-corrected chi connectivity index (χ0v) is 15.7. The topological polar surface area (TPSA) is 69.0 Å². The predicted molar refractivity (Wildman–Crippen MR) is 104 cm³/mol. The maximum atomic E-state index is 12.1. The van der Waals surface area contributed by atoms with Crippen molar-refractivity contribution < 1.29 is 9.53 Å². The van der Waals surface area contributed by atoms with Crippen molar-refractivity contribution in [1.82, 2.24) is 14.8 Å². The number of benzene rings is 2. The molecular formula is C19H20N4O2S. The summed E-state index contributed by atoms with van der Waals surface area (Å²) in [5.41, 5.74) is 2.85. The SMILES string of the molecule is COc1cccc(-c2nnc(SCC(=O)Nc3ccc(C)cc3)n2C)c1. The lowest BCUT2D eigenvalue weighted by atomic mass is 10.2. The highest BCUT2D eigenvalue weighted by atomic mass is 32.2. The standard InChI is InChI=1S/C19H20N4O2S/c1-13-7-9-15(10-8-13)20-17(24)12-26-19-22-21-18(23(19)2)14-5-4-6-16(11-14)25-3/h4-11H,12H2,1-3H3,(H,20,24). The number of aromatic nitrogens is 3. The second kappa shape index (κ2) is 8.05. The van der Waals surface area contributed by atoms with E-state index in [-0.39, 0.29) is 11.7 Å². The van der Waals surface area contributed by atoms with Gasteiger partial charge in [-0.2, -0.15) is 0 Å². The molecule has 0 fully saturated rings. The van der Waals surface area contributed by atoms with Crippen LogP contribution in [0.2, 0.25) is 0 Å². The number of hydrogen-bond acceptors (Lipinski definition) is 5. The fourth-order valence-electron chi connectivity index (χ4n) is 2.42. The van der Waals surface area contributed by atoms with E-state index >= 15 is 0 Å². The molecule has 26 heavy (non-hydrogen) atoms. The quantitative estimate of drug-likeness (QED) is 0.674. The number of nitrogens with zero attached hydrogens (tertiary/aromatic N) is 3. The molecule has 7 heteroatoms. The first-order chi connectivity index (χ1) is 12.6. The molecule has 6 nitrogen and oxygen atoms in total. The number of methoxy groups -OCH3 is 1. The number of thioether (sulfide) groups is 1. The minimum absolute atomic E-state index is 0.0789. The van der Waals surface area contributed by atoms with E-state index in [0.717, 1.165) is 28.4 Å². The molecule has 134 valence electrons. The van der Waals surface area contributed by atoms with Crippen LogP contribution in [0.3, 0.4) is 0 Å². The fourth-order valence-corrected chi connectivity index (χ4v) is 3.13. The number of carbonyl (C=O) groups excluding carboxylic acids is 1. The van der Waals surface area contributed by atoms with Gasteiger partial charge in [0.1, 0.15) is 5.75 Å². The number of amides is 1. The Labute approximate surface area is 156 Å². The van der Waals surface area contributed by atoms with Crippen LogP contribution >= 0.6 is 11.8 Å². The Morgan fingerprint density at radius 3 is 2.69 bits per heavy atom. The number of nitrogens with one attached hydrogen (secondary N) is 1. The van der Waals surface area contributed by atoms with Crippen molar-refractivity contribution in [2.45, 2.75) is 12.1 Å². The third kappa shape index (κ3) is 4.23. The van der Waals surface area contributed by atoms with Crippen LogP contribution in [0.15, 0.2) is 53.7 Å². The molecule has 1 amide bonds. The van der Waals surface area contributed by atoms with E-state index in [1.165, 1.54) is 11.8 Å². The number of rotatable bonds is 6. The third-order valence-corrected chi connectivity index (χ3v) is 4.85. The van der Waals surface area contributed by atoms with Crippen molar-refractivity contribution in [2.75, 3.05) is 18.2 Å². The normalized spacial score (nSPS) is 10.6. The van der Waals surface area contributed by atoms with Crippen LogP contribution in [-0.2, 0) is 11.8 Å². The Balaban J connectivity index is 1.64. The number of anilines is 1. The van der Waals surface area contributed by atoms with Crippen LogP contribution < -0.4 is 10.1 Å². The number of hydrogen-bond donors (Lipinski definition) is 1. The average Bonchev–Trinajstić information content (AvgIpc) is 3.02. The highest BCUT2D eigenvalue weighted by Gasteiger charge is 2.13. The first-order valence-corrected chi connectivity index (χ1v) is 9.08. The minimum Gasteiger partial charge on any atom is -0.497 e. The van der Waals surface area contributed by atoms with Crippen LogP contribution in [-0.4, -0.2) is 33.5 Å². The van der Waals surface area contributed by atoms with Gasteiger partial charge >= 0.3 is 0 Å². The summed E-state index contributed by atoms with van der Waals surface area (Å²) in [7, 11) is 3.51. The second-order valence-corrected chi connectivity index (χ2v) is 6.74. The summed E-state index contributed by atoms with van der Waals surface area (Å²) in [6, 6.07) is 15.4. The van der Waals surface area contributed by atoms with Gasteiger partial charge in [0.05, 0.1) is 12.9 Å². The van der Waals surface area contributed by atoms with Gasteiger partial charge in [0, 0.05) is 18.3 Å². The highest BCUT2D eigenvalue weighted by Crippen LogP contribution is 2.25. The predicted octanol–water partition coefficient (Wildman–Crippen LogP) is 3.53. The van der Waals surface area contributed by atoms with E-state index < -0.39 is 0 Å². The maximum absolute atomic E-state index is 12.1. The first-order valence-electron chi connectivity index (χ1n) is 8.10. The Morgan fingerprint density at radius 2 is 1.96 bits per heavy atom. The molecule has 0 aliphatic carbocycles. The van der Waals surface area contributed by atoms with Gasteiger partial charge < -0.3 is 14.6 Å². The Hall–Kier alpha value is -2.80. The molecule has 2 aromatic carbocycles. The fraction of sp³-hybridized carbons (Fsp3) is 0.211. The number of aryl methyl sites for hydroxylation is 1. The summed E-state index contributed by atoms with van der Waals surface area (Å²) >= 11 is 1.35. The number of carbonyl (C=O) groups is 1. The number of ether oxygens (including phenoxy) is 1. The lowest BCUT2D eigenvalue weighted by Gasteiger charge is -2.06. The molecule has 1 aromatic heterocycles. The van der Waals surface area contributed by atoms with Crippen molar-refractivity contribution in [3.63, 3.8) is 0 Å². The maximum Gasteiger partial charge on any atom is 0.234 e. The minimum atomic E-state index is -0.0789. The lowest BCUT2D eigenvalue weighted by Crippen LogP contribution is -2.14. The molecular weight excluding hydrogens is 348 g/mol. The summed E-state index contributed by atoms with van der Waals surface area (Å²) in [4.78, 5) is 12.1. The Kier molecular flexibility index (Phi) is 5.58. The van der Waals surface area contributed by atoms with Gasteiger partial charge in [-0.3, -0.25) is 4.79 Å². The average molecular weight is 368 g/mol. The molecule has 0 radical (unpaired) electrons. The summed E-state index contributed by atoms with van der Waals surface area (Å²) < 4.78 is 7.12. The molecule has 0 saturated heterocycles. The third-order valence-electron chi connectivity index (χ3n) is 3.83. The molecule has 0 atom stereocenters. The summed E-state index contributed by atoms with van der Waals surface area (Å²) in [6.45, 7) is 2.01. The Bertz CT molecular complexity index is 906. The zero-order chi connectivity index (χ0) is 18.5. The van der Waals surface area contributed by atoms with E-state index in [0.29, 0.717) is 5.16 Å². The van der Waals surface area contributed by atoms with Crippen LogP contribution in [0, 0.1) is 6.92 Å². The van der Waals surface area contributed by atoms with Gasteiger partial charge in [-0.1, -0.05) is 41.6 Å². The highest BCUT2D eigenvalue weighted by molar-refractivity contribution is 7.99. The molecule has 3 aromatic rings. The van der Waals surface area contributed by atoms with Crippen LogP contribution in [0.5, 0.6) is 5.75 Å². The molecule has 0 aliphatic heterocycles. The van der Waals surface area contributed by atoms with Gasteiger partial charge in [-0.15, -0.1) is 10.2 Å². The van der Waals surface area contributed by atoms with Crippen LogP contribution in [0.1, 0.15) is 5.56 Å². The molecule has 0 spiro atoms. The molecule has 0 bridgehead atoms.